The number of aromatic nitrogens is 5. The number of rotatable bonds is 12. The number of hydrogen-bond donors (Lipinski definition) is 0. The lowest BCUT2D eigenvalue weighted by atomic mass is 10.1. The summed E-state index contributed by atoms with van der Waals surface area (Å²) in [7, 11) is 0. The molecule has 8 nitrogen and oxygen atoms in total. The number of nitrogens with zero attached hydrogens (tertiary/aromatic N) is 8. The molecule has 17 rings (SSSR count). The summed E-state index contributed by atoms with van der Waals surface area (Å²) in [5, 5.41) is 7.68. The second-order valence-electron chi connectivity index (χ2n) is 22.2. The van der Waals surface area contributed by atoms with Crippen molar-refractivity contribution in [1.82, 2.24) is 23.7 Å². The molecule has 0 atom stereocenters. The average molecular weight is 1130 g/mol. The van der Waals surface area contributed by atoms with E-state index in [9.17, 15) is 0 Å². The fourth-order valence-electron chi connectivity index (χ4n) is 13.3. The standard InChI is InChI=1S/C80H54N8/c1-7-25-55(26-8-1)83(56-27-9-2-10-28-56)61-46-50-76-70(51-61)67-39-21-24-42-75(67)88(76)80-81-72-49-45-62(86-73-40-22-19-37-65(73)68-47-43-63(53-77(68)86)84(57-29-11-3-12-30-57)58-31-13-4-14-32-58)52-71(72)79(82-80)87-74-41-23-20-38-66(74)69-48-44-64(54-78(69)87)85(59-33-15-5-16-34-59)60-35-17-6-18-36-60/h1-54H. The number of para-hydroxylation sites is 9. The van der Waals surface area contributed by atoms with E-state index in [1.165, 1.54) is 5.39 Å². The van der Waals surface area contributed by atoms with E-state index < -0.39 is 0 Å². The van der Waals surface area contributed by atoms with Crippen molar-refractivity contribution in [1.29, 1.82) is 0 Å². The Labute approximate surface area is 508 Å². The Balaban J connectivity index is 0.936. The summed E-state index contributed by atoms with van der Waals surface area (Å²) in [6.45, 7) is 0. The molecule has 0 amide bonds. The zero-order valence-electron chi connectivity index (χ0n) is 47.8. The third-order valence-corrected chi connectivity index (χ3v) is 17.1. The summed E-state index contributed by atoms with van der Waals surface area (Å²) in [6.07, 6.45) is 0. The molecule has 0 bridgehead atoms. The molecular weight excluding hydrogens is 1070 g/mol. The minimum absolute atomic E-state index is 0.567. The number of anilines is 9. The lowest BCUT2D eigenvalue weighted by Crippen LogP contribution is -2.10. The van der Waals surface area contributed by atoms with Gasteiger partial charge in [-0.05, 0) is 152 Å². The quantitative estimate of drug-likeness (QED) is 0.122. The molecule has 0 aliphatic carbocycles. The van der Waals surface area contributed by atoms with Gasteiger partial charge in [-0.1, -0.05) is 176 Å². The van der Waals surface area contributed by atoms with Crippen LogP contribution in [0, 0.1) is 0 Å². The van der Waals surface area contributed by atoms with Crippen LogP contribution in [0.2, 0.25) is 0 Å². The van der Waals surface area contributed by atoms with E-state index in [1.807, 2.05) is 0 Å². The molecule has 414 valence electrons. The Morgan fingerprint density at radius 3 is 1.00 bits per heavy atom. The highest BCUT2D eigenvalue weighted by Crippen LogP contribution is 2.45. The van der Waals surface area contributed by atoms with Crippen molar-refractivity contribution in [3.63, 3.8) is 0 Å². The predicted octanol–water partition coefficient (Wildman–Crippen LogP) is 21.3. The fourth-order valence-corrected chi connectivity index (χ4v) is 13.3. The molecule has 0 unspecified atom stereocenters. The van der Waals surface area contributed by atoms with Gasteiger partial charge in [-0.2, -0.15) is 4.98 Å². The molecule has 0 saturated heterocycles. The predicted molar refractivity (Wildman–Crippen MR) is 367 cm³/mol. The second kappa shape index (κ2) is 21.0. The summed E-state index contributed by atoms with van der Waals surface area (Å²) in [4.78, 5) is 18.6. The van der Waals surface area contributed by atoms with E-state index in [0.717, 1.165) is 134 Å². The summed E-state index contributed by atoms with van der Waals surface area (Å²) >= 11 is 0. The van der Waals surface area contributed by atoms with Crippen molar-refractivity contribution in [3.05, 3.63) is 328 Å². The molecule has 13 aromatic carbocycles. The van der Waals surface area contributed by atoms with Crippen LogP contribution in [-0.4, -0.2) is 23.7 Å². The van der Waals surface area contributed by atoms with Crippen LogP contribution in [0.25, 0.3) is 93.8 Å². The first kappa shape index (κ1) is 50.5. The number of fused-ring (bicyclic) bond motifs is 10. The van der Waals surface area contributed by atoms with E-state index in [4.69, 9.17) is 9.97 Å². The third-order valence-electron chi connectivity index (χ3n) is 17.1. The van der Waals surface area contributed by atoms with Gasteiger partial charge in [-0.25, -0.2) is 4.98 Å². The summed E-state index contributed by atoms with van der Waals surface area (Å²) in [5.41, 5.74) is 17.6. The lowest BCUT2D eigenvalue weighted by Gasteiger charge is -2.25. The SMILES string of the molecule is c1ccc(N(c2ccccc2)c2ccc3c(c2)c2ccccc2n3-c2nc(-n3c4ccccc4c4ccc(N(c5ccccc5)c5ccccc5)cc43)c3cc(-n4c5ccccc5c5ccc(N(c6ccccc6)c6ccccc6)cc54)ccc3n2)cc1. The average Bonchev–Trinajstić information content (AvgIpc) is 4.42. The van der Waals surface area contributed by atoms with Crippen LogP contribution < -0.4 is 14.7 Å². The highest BCUT2D eigenvalue weighted by atomic mass is 15.2. The Bertz CT molecular complexity index is 5330. The molecule has 4 aromatic heterocycles. The molecule has 8 heteroatoms. The van der Waals surface area contributed by atoms with Crippen molar-refractivity contribution in [2.75, 3.05) is 14.7 Å². The van der Waals surface area contributed by atoms with Crippen LogP contribution in [0.4, 0.5) is 51.2 Å². The van der Waals surface area contributed by atoms with Gasteiger partial charge in [0.2, 0.25) is 5.95 Å². The van der Waals surface area contributed by atoms with Crippen LogP contribution in [0.5, 0.6) is 0 Å². The van der Waals surface area contributed by atoms with E-state index in [0.29, 0.717) is 5.95 Å². The number of hydrogen-bond acceptors (Lipinski definition) is 5. The zero-order chi connectivity index (χ0) is 58.1. The minimum atomic E-state index is 0.567. The monoisotopic (exact) mass is 1130 g/mol. The molecule has 88 heavy (non-hydrogen) atoms. The van der Waals surface area contributed by atoms with E-state index >= 15 is 0 Å². The van der Waals surface area contributed by atoms with Gasteiger partial charge in [0.15, 0.2) is 5.82 Å². The first-order valence-corrected chi connectivity index (χ1v) is 29.8. The molecule has 17 aromatic rings. The molecule has 0 radical (unpaired) electrons. The Kier molecular flexibility index (Phi) is 12.0. The maximum absolute atomic E-state index is 5.96. The van der Waals surface area contributed by atoms with Crippen molar-refractivity contribution in [2.24, 2.45) is 0 Å². The first-order valence-electron chi connectivity index (χ1n) is 29.8. The minimum Gasteiger partial charge on any atom is -0.310 e. The second-order valence-corrected chi connectivity index (χ2v) is 22.2. The van der Waals surface area contributed by atoms with Gasteiger partial charge < -0.3 is 19.3 Å². The van der Waals surface area contributed by atoms with E-state index in [-0.39, 0.29) is 0 Å². The van der Waals surface area contributed by atoms with Gasteiger partial charge in [-0.15, -0.1) is 0 Å². The normalized spacial score (nSPS) is 11.6. The van der Waals surface area contributed by atoms with Crippen LogP contribution in [0.15, 0.2) is 328 Å². The van der Waals surface area contributed by atoms with Crippen LogP contribution >= 0.6 is 0 Å². The van der Waals surface area contributed by atoms with Crippen molar-refractivity contribution >= 4 is 128 Å². The maximum atomic E-state index is 5.96. The summed E-state index contributed by atoms with van der Waals surface area (Å²) in [6, 6.07) is 117. The molecule has 0 saturated carbocycles. The Morgan fingerprint density at radius 2 is 0.545 bits per heavy atom. The highest BCUT2D eigenvalue weighted by molar-refractivity contribution is 6.14. The molecule has 0 spiro atoms. The fraction of sp³-hybridized carbons (Fsp3) is 0. The molecular formula is C80H54N8. The van der Waals surface area contributed by atoms with Crippen molar-refractivity contribution in [2.45, 2.75) is 0 Å². The van der Waals surface area contributed by atoms with Gasteiger partial charge in [0.25, 0.3) is 0 Å². The van der Waals surface area contributed by atoms with Gasteiger partial charge in [-0.3, -0.25) is 9.13 Å². The van der Waals surface area contributed by atoms with Gasteiger partial charge in [0, 0.05) is 94.6 Å². The van der Waals surface area contributed by atoms with Gasteiger partial charge in [0.05, 0.1) is 38.6 Å². The van der Waals surface area contributed by atoms with Crippen LogP contribution in [0.1, 0.15) is 0 Å². The van der Waals surface area contributed by atoms with E-state index in [1.54, 1.807) is 0 Å². The van der Waals surface area contributed by atoms with Gasteiger partial charge >= 0.3 is 0 Å². The topological polar surface area (TPSA) is 50.3 Å². The largest absolute Gasteiger partial charge is 0.310 e. The number of benzene rings is 13. The molecule has 0 N–H and O–H groups in total. The summed E-state index contributed by atoms with van der Waals surface area (Å²) in [5.74, 6) is 1.33. The molecule has 4 heterocycles. The highest BCUT2D eigenvalue weighted by Gasteiger charge is 2.25. The zero-order valence-corrected chi connectivity index (χ0v) is 47.8. The van der Waals surface area contributed by atoms with Crippen molar-refractivity contribution in [3.8, 4) is 17.5 Å². The lowest BCUT2D eigenvalue weighted by molar-refractivity contribution is 0.972. The summed E-state index contributed by atoms with van der Waals surface area (Å²) < 4.78 is 7.05. The third kappa shape index (κ3) is 8.37. The van der Waals surface area contributed by atoms with Crippen LogP contribution in [-0.2, 0) is 0 Å². The van der Waals surface area contributed by atoms with Crippen molar-refractivity contribution < 1.29 is 0 Å². The Morgan fingerprint density at radius 1 is 0.205 bits per heavy atom. The molecule has 0 aliphatic rings. The molecule has 0 aliphatic heterocycles. The molecule has 0 fully saturated rings. The first-order chi connectivity index (χ1) is 43.7. The van der Waals surface area contributed by atoms with Gasteiger partial charge in [0.1, 0.15) is 0 Å². The maximum Gasteiger partial charge on any atom is 0.237 e. The van der Waals surface area contributed by atoms with Crippen LogP contribution in [0.3, 0.4) is 0 Å². The Hall–Kier alpha value is -12.0. The van der Waals surface area contributed by atoms with E-state index in [2.05, 4.69) is 356 Å². The smallest absolute Gasteiger partial charge is 0.237 e.